The fraction of sp³-hybridized carbons (Fsp3) is 0.917. The highest BCUT2D eigenvalue weighted by atomic mass is 16.2. The zero-order valence-corrected chi connectivity index (χ0v) is 11.8. The summed E-state index contributed by atoms with van der Waals surface area (Å²) in [5.74, 6) is 0.0952. The fourth-order valence-electron chi connectivity index (χ4n) is 1.49. The van der Waals surface area contributed by atoms with Crippen LogP contribution >= 0.6 is 0 Å². The first-order valence-electron chi connectivity index (χ1n) is 6.35. The van der Waals surface area contributed by atoms with Gasteiger partial charge in [-0.3, -0.25) is 4.79 Å². The summed E-state index contributed by atoms with van der Waals surface area (Å²) in [5.41, 5.74) is 0. The minimum atomic E-state index is 0.0952. The van der Waals surface area contributed by atoms with Crippen molar-refractivity contribution in [1.29, 1.82) is 0 Å². The second kappa shape index (κ2) is 12.5. The molecule has 1 aliphatic rings. The number of likely N-dealkylation sites (N-methyl/N-ethyl adjacent to an activating group) is 2. The van der Waals surface area contributed by atoms with E-state index in [0.717, 1.165) is 19.5 Å². The van der Waals surface area contributed by atoms with Gasteiger partial charge >= 0.3 is 0 Å². The zero-order valence-electron chi connectivity index (χ0n) is 11.8. The van der Waals surface area contributed by atoms with Crippen LogP contribution in [0.2, 0.25) is 0 Å². The van der Waals surface area contributed by atoms with Crippen molar-refractivity contribution < 1.29 is 4.79 Å². The first kappa shape index (κ1) is 17.8. The Morgan fingerprint density at radius 2 is 1.88 bits per heavy atom. The topological polar surface area (TPSA) is 44.4 Å². The summed E-state index contributed by atoms with van der Waals surface area (Å²) >= 11 is 0. The molecule has 0 saturated carbocycles. The summed E-state index contributed by atoms with van der Waals surface area (Å²) in [7, 11) is 3.85. The third kappa shape index (κ3) is 8.68. The van der Waals surface area contributed by atoms with Crippen molar-refractivity contribution in [2.45, 2.75) is 40.2 Å². The average molecular weight is 231 g/mol. The average Bonchev–Trinajstić information content (AvgIpc) is 2.70. The lowest BCUT2D eigenvalue weighted by Gasteiger charge is -2.12. The van der Waals surface area contributed by atoms with Crippen molar-refractivity contribution in [3.8, 4) is 0 Å². The first-order chi connectivity index (χ1) is 7.72. The van der Waals surface area contributed by atoms with Crippen LogP contribution in [0.1, 0.15) is 34.1 Å². The maximum absolute atomic E-state index is 11.1. The van der Waals surface area contributed by atoms with Crippen LogP contribution in [0.4, 0.5) is 0 Å². The van der Waals surface area contributed by atoms with Gasteiger partial charge in [-0.15, -0.1) is 0 Å². The standard InChI is InChI=1S/C8H17N3O.2C2H6/c1-9-5-8(12)10-7-3-4-11(2)6-7;2*1-2/h7,9H,3-6H2,1-2H3,(H,10,12);2*1-2H3/t7-;;/m1../s1. The Balaban J connectivity index is 0. The first-order valence-corrected chi connectivity index (χ1v) is 6.35. The lowest BCUT2D eigenvalue weighted by Crippen LogP contribution is -2.40. The van der Waals surface area contributed by atoms with Crippen LogP contribution in [0.5, 0.6) is 0 Å². The largest absolute Gasteiger partial charge is 0.351 e. The van der Waals surface area contributed by atoms with Crippen LogP contribution in [0.3, 0.4) is 0 Å². The number of nitrogens with zero attached hydrogens (tertiary/aromatic N) is 1. The van der Waals surface area contributed by atoms with Crippen LogP contribution < -0.4 is 10.6 Å². The molecule has 1 atom stereocenters. The van der Waals surface area contributed by atoms with Gasteiger partial charge in [-0.1, -0.05) is 27.7 Å². The molecule has 0 unspecified atom stereocenters. The van der Waals surface area contributed by atoms with E-state index in [1.54, 1.807) is 7.05 Å². The fourth-order valence-corrected chi connectivity index (χ4v) is 1.49. The molecule has 4 nitrogen and oxygen atoms in total. The molecule has 1 saturated heterocycles. The second-order valence-corrected chi connectivity index (χ2v) is 3.35. The molecule has 0 aromatic heterocycles. The van der Waals surface area contributed by atoms with Gasteiger partial charge in [0.05, 0.1) is 6.54 Å². The van der Waals surface area contributed by atoms with E-state index < -0.39 is 0 Å². The molecule has 2 N–H and O–H groups in total. The Hall–Kier alpha value is -0.610. The Labute approximate surface area is 101 Å². The molecule has 1 aliphatic heterocycles. The van der Waals surface area contributed by atoms with Gasteiger partial charge in [-0.2, -0.15) is 0 Å². The maximum Gasteiger partial charge on any atom is 0.234 e. The maximum atomic E-state index is 11.1. The SMILES string of the molecule is CC.CC.CNCC(=O)N[C@@H]1CCN(C)C1. The van der Waals surface area contributed by atoms with Gasteiger partial charge in [0.1, 0.15) is 0 Å². The number of amides is 1. The summed E-state index contributed by atoms with van der Waals surface area (Å²) in [6.07, 6.45) is 1.08. The molecule has 0 aromatic rings. The lowest BCUT2D eigenvalue weighted by molar-refractivity contribution is -0.120. The van der Waals surface area contributed by atoms with E-state index in [1.807, 2.05) is 27.7 Å². The minimum Gasteiger partial charge on any atom is -0.351 e. The summed E-state index contributed by atoms with van der Waals surface area (Å²) in [6.45, 7) is 10.5. The van der Waals surface area contributed by atoms with Crippen LogP contribution in [0.25, 0.3) is 0 Å². The number of carbonyl (C=O) groups is 1. The molecular weight excluding hydrogens is 202 g/mol. The lowest BCUT2D eigenvalue weighted by atomic mass is 10.2. The number of hydrogen-bond donors (Lipinski definition) is 2. The van der Waals surface area contributed by atoms with Crippen molar-refractivity contribution in [2.24, 2.45) is 0 Å². The highest BCUT2D eigenvalue weighted by molar-refractivity contribution is 5.78. The Morgan fingerprint density at radius 1 is 1.31 bits per heavy atom. The van der Waals surface area contributed by atoms with E-state index in [9.17, 15) is 4.79 Å². The molecule has 1 heterocycles. The highest BCUT2D eigenvalue weighted by Gasteiger charge is 2.20. The quantitative estimate of drug-likeness (QED) is 0.764. The predicted molar refractivity (Wildman–Crippen MR) is 70.7 cm³/mol. The van der Waals surface area contributed by atoms with Gasteiger partial charge in [-0.25, -0.2) is 0 Å². The molecule has 0 radical (unpaired) electrons. The van der Waals surface area contributed by atoms with Crippen molar-refractivity contribution in [3.63, 3.8) is 0 Å². The van der Waals surface area contributed by atoms with Crippen LogP contribution in [0, 0.1) is 0 Å². The molecule has 1 rings (SSSR count). The van der Waals surface area contributed by atoms with Crippen LogP contribution in [-0.2, 0) is 4.79 Å². The Morgan fingerprint density at radius 3 is 2.25 bits per heavy atom. The van der Waals surface area contributed by atoms with E-state index in [-0.39, 0.29) is 5.91 Å². The van der Waals surface area contributed by atoms with Gasteiger partial charge in [0.25, 0.3) is 0 Å². The van der Waals surface area contributed by atoms with Crippen LogP contribution in [-0.4, -0.2) is 50.6 Å². The van der Waals surface area contributed by atoms with Crippen LogP contribution in [0.15, 0.2) is 0 Å². The molecule has 98 valence electrons. The minimum absolute atomic E-state index is 0.0952. The Kier molecular flexibility index (Phi) is 13.8. The third-order valence-corrected chi connectivity index (χ3v) is 2.09. The molecule has 0 spiro atoms. The van der Waals surface area contributed by atoms with Gasteiger partial charge in [0.15, 0.2) is 0 Å². The predicted octanol–water partition coefficient (Wildman–Crippen LogP) is 1.08. The molecule has 16 heavy (non-hydrogen) atoms. The molecule has 4 heteroatoms. The molecule has 0 aliphatic carbocycles. The number of rotatable bonds is 3. The number of likely N-dealkylation sites (tertiary alicyclic amines) is 1. The zero-order chi connectivity index (χ0) is 13.0. The van der Waals surface area contributed by atoms with E-state index in [1.165, 1.54) is 0 Å². The Bertz CT molecular complexity index is 162. The van der Waals surface area contributed by atoms with Gasteiger partial charge in [0, 0.05) is 12.6 Å². The molecule has 1 fully saturated rings. The van der Waals surface area contributed by atoms with Crippen molar-refractivity contribution in [2.75, 3.05) is 33.7 Å². The monoisotopic (exact) mass is 231 g/mol. The van der Waals surface area contributed by atoms with Crippen molar-refractivity contribution >= 4 is 5.91 Å². The molecule has 0 bridgehead atoms. The summed E-state index contributed by atoms with van der Waals surface area (Å²) in [5, 5.41) is 5.79. The summed E-state index contributed by atoms with van der Waals surface area (Å²) in [4.78, 5) is 13.3. The van der Waals surface area contributed by atoms with Gasteiger partial charge in [0.2, 0.25) is 5.91 Å². The van der Waals surface area contributed by atoms with Crippen molar-refractivity contribution in [3.05, 3.63) is 0 Å². The van der Waals surface area contributed by atoms with E-state index in [0.29, 0.717) is 12.6 Å². The van der Waals surface area contributed by atoms with Crippen molar-refractivity contribution in [1.82, 2.24) is 15.5 Å². The normalized spacial score (nSPS) is 19.0. The highest BCUT2D eigenvalue weighted by Crippen LogP contribution is 2.05. The molecular formula is C12H29N3O. The van der Waals surface area contributed by atoms with E-state index >= 15 is 0 Å². The summed E-state index contributed by atoms with van der Waals surface area (Å²) in [6, 6.07) is 0.357. The smallest absolute Gasteiger partial charge is 0.234 e. The molecule has 0 aromatic carbocycles. The van der Waals surface area contributed by atoms with E-state index in [4.69, 9.17) is 0 Å². The van der Waals surface area contributed by atoms with E-state index in [2.05, 4.69) is 22.6 Å². The molecule has 1 amide bonds. The number of carbonyl (C=O) groups excluding carboxylic acids is 1. The number of hydrogen-bond acceptors (Lipinski definition) is 3. The number of nitrogens with one attached hydrogen (secondary N) is 2. The third-order valence-electron chi connectivity index (χ3n) is 2.09. The summed E-state index contributed by atoms with van der Waals surface area (Å²) < 4.78 is 0. The van der Waals surface area contributed by atoms with Gasteiger partial charge in [-0.05, 0) is 27.1 Å². The second-order valence-electron chi connectivity index (χ2n) is 3.35. The van der Waals surface area contributed by atoms with Gasteiger partial charge < -0.3 is 15.5 Å².